The molecule has 1 amide bonds. The van der Waals surface area contributed by atoms with E-state index in [1.807, 2.05) is 72.9 Å². The maximum absolute atomic E-state index is 12.7. The van der Waals surface area contributed by atoms with Gasteiger partial charge in [0.25, 0.3) is 5.91 Å². The minimum atomic E-state index is -0.279. The van der Waals surface area contributed by atoms with Crippen LogP contribution in [0.5, 0.6) is 0 Å². The molecule has 0 fully saturated rings. The molecular weight excluding hydrogens is 340 g/mol. The van der Waals surface area contributed by atoms with Gasteiger partial charge in [-0.2, -0.15) is 5.10 Å². The average molecular weight is 358 g/mol. The predicted octanol–water partition coefficient (Wildman–Crippen LogP) is 2.64. The van der Waals surface area contributed by atoms with Crippen molar-refractivity contribution in [3.8, 4) is 5.69 Å². The molecule has 0 unspecified atom stereocenters. The van der Waals surface area contributed by atoms with E-state index in [9.17, 15) is 4.79 Å². The van der Waals surface area contributed by atoms with Gasteiger partial charge in [-0.25, -0.2) is 4.68 Å². The van der Waals surface area contributed by atoms with Gasteiger partial charge < -0.3 is 5.32 Å². The van der Waals surface area contributed by atoms with Crippen LogP contribution in [-0.2, 0) is 6.54 Å². The SMILES string of the molecule is O=C(N[C@@H](Cn1cccn1)c1ccccc1)c1cn(-c2ccccc2)nn1. The highest BCUT2D eigenvalue weighted by Gasteiger charge is 2.19. The highest BCUT2D eigenvalue weighted by molar-refractivity contribution is 5.92. The lowest BCUT2D eigenvalue weighted by molar-refractivity contribution is 0.0926. The quantitative estimate of drug-likeness (QED) is 0.575. The lowest BCUT2D eigenvalue weighted by atomic mass is 10.1. The minimum absolute atomic E-state index is 0.236. The van der Waals surface area contributed by atoms with Gasteiger partial charge in [0.15, 0.2) is 5.69 Å². The van der Waals surface area contributed by atoms with Crippen LogP contribution in [0.15, 0.2) is 85.3 Å². The summed E-state index contributed by atoms with van der Waals surface area (Å²) in [6.45, 7) is 0.523. The molecule has 0 radical (unpaired) electrons. The Balaban J connectivity index is 1.54. The molecule has 0 saturated heterocycles. The minimum Gasteiger partial charge on any atom is -0.342 e. The number of nitrogens with zero attached hydrogens (tertiary/aromatic N) is 5. The van der Waals surface area contributed by atoms with Gasteiger partial charge in [0.05, 0.1) is 24.5 Å². The van der Waals surface area contributed by atoms with Crippen molar-refractivity contribution in [3.63, 3.8) is 0 Å². The number of carbonyl (C=O) groups is 1. The fourth-order valence-corrected chi connectivity index (χ4v) is 2.82. The molecule has 0 aliphatic carbocycles. The number of carbonyl (C=O) groups excluding carboxylic acids is 1. The van der Waals surface area contributed by atoms with E-state index in [1.54, 1.807) is 21.8 Å². The number of hydrogen-bond acceptors (Lipinski definition) is 4. The van der Waals surface area contributed by atoms with Crippen LogP contribution in [-0.4, -0.2) is 30.7 Å². The maximum atomic E-state index is 12.7. The fourth-order valence-electron chi connectivity index (χ4n) is 2.82. The maximum Gasteiger partial charge on any atom is 0.274 e. The van der Waals surface area contributed by atoms with Crippen LogP contribution in [0.3, 0.4) is 0 Å². The van der Waals surface area contributed by atoms with Crippen molar-refractivity contribution in [2.24, 2.45) is 0 Å². The second kappa shape index (κ2) is 7.65. The Labute approximate surface area is 156 Å². The van der Waals surface area contributed by atoms with Gasteiger partial charge >= 0.3 is 0 Å². The first kappa shape index (κ1) is 16.7. The summed E-state index contributed by atoms with van der Waals surface area (Å²) in [7, 11) is 0. The van der Waals surface area contributed by atoms with Gasteiger partial charge in [-0.3, -0.25) is 9.48 Å². The summed E-state index contributed by atoms with van der Waals surface area (Å²) in [5, 5.41) is 15.3. The van der Waals surface area contributed by atoms with Crippen LogP contribution in [0.1, 0.15) is 22.1 Å². The molecule has 4 aromatic rings. The molecule has 0 aliphatic rings. The van der Waals surface area contributed by atoms with Crippen molar-refractivity contribution in [1.82, 2.24) is 30.1 Å². The Kier molecular flexibility index (Phi) is 4.74. The van der Waals surface area contributed by atoms with Crippen molar-refractivity contribution in [2.45, 2.75) is 12.6 Å². The number of aromatic nitrogens is 5. The van der Waals surface area contributed by atoms with Gasteiger partial charge in [-0.15, -0.1) is 5.10 Å². The van der Waals surface area contributed by atoms with Gasteiger partial charge in [-0.1, -0.05) is 53.7 Å². The van der Waals surface area contributed by atoms with E-state index >= 15 is 0 Å². The lowest BCUT2D eigenvalue weighted by Gasteiger charge is -2.18. The largest absolute Gasteiger partial charge is 0.342 e. The van der Waals surface area contributed by atoms with Gasteiger partial charge in [0.1, 0.15) is 0 Å². The highest BCUT2D eigenvalue weighted by atomic mass is 16.2. The van der Waals surface area contributed by atoms with Crippen LogP contribution >= 0.6 is 0 Å². The third kappa shape index (κ3) is 3.92. The second-order valence-electron chi connectivity index (χ2n) is 6.05. The first-order chi connectivity index (χ1) is 13.3. The van der Waals surface area contributed by atoms with Crippen LogP contribution in [0.4, 0.5) is 0 Å². The molecule has 0 saturated carbocycles. The molecule has 2 heterocycles. The summed E-state index contributed by atoms with van der Waals surface area (Å²) in [4.78, 5) is 12.7. The molecule has 7 heteroatoms. The molecule has 134 valence electrons. The molecule has 4 rings (SSSR count). The zero-order valence-corrected chi connectivity index (χ0v) is 14.5. The first-order valence-electron chi connectivity index (χ1n) is 8.60. The molecule has 2 aromatic carbocycles. The second-order valence-corrected chi connectivity index (χ2v) is 6.05. The number of rotatable bonds is 6. The standard InChI is InChI=1S/C20H18N6O/c27-20(19-15-26(24-23-19)17-10-5-2-6-11-17)22-18(14-25-13-7-12-21-25)16-8-3-1-4-9-16/h1-13,15,18H,14H2,(H,22,27)/t18-/m0/s1. The fraction of sp³-hybridized carbons (Fsp3) is 0.100. The monoisotopic (exact) mass is 358 g/mol. The molecular formula is C20H18N6O. The van der Waals surface area contributed by atoms with Gasteiger partial charge in [0, 0.05) is 12.4 Å². The van der Waals surface area contributed by atoms with E-state index in [0.717, 1.165) is 11.3 Å². The summed E-state index contributed by atoms with van der Waals surface area (Å²) >= 11 is 0. The van der Waals surface area contributed by atoms with Gasteiger partial charge in [0.2, 0.25) is 0 Å². The summed E-state index contributed by atoms with van der Waals surface area (Å²) in [5.41, 5.74) is 2.11. The number of para-hydroxylation sites is 1. The van der Waals surface area contributed by atoms with Crippen molar-refractivity contribution >= 4 is 5.91 Å². The predicted molar refractivity (Wildman–Crippen MR) is 100 cm³/mol. The van der Waals surface area contributed by atoms with Crippen molar-refractivity contribution in [3.05, 3.63) is 96.6 Å². The van der Waals surface area contributed by atoms with Crippen LogP contribution in [0.25, 0.3) is 5.69 Å². The Hall–Kier alpha value is -3.74. The van der Waals surface area contributed by atoms with Crippen molar-refractivity contribution in [1.29, 1.82) is 0 Å². The zero-order chi connectivity index (χ0) is 18.5. The molecule has 0 aliphatic heterocycles. The summed E-state index contributed by atoms with van der Waals surface area (Å²) < 4.78 is 3.37. The third-order valence-electron chi connectivity index (χ3n) is 4.18. The zero-order valence-electron chi connectivity index (χ0n) is 14.5. The normalized spacial score (nSPS) is 11.9. The number of nitrogens with one attached hydrogen (secondary N) is 1. The lowest BCUT2D eigenvalue weighted by Crippen LogP contribution is -2.31. The van der Waals surface area contributed by atoms with Crippen molar-refractivity contribution < 1.29 is 4.79 Å². The summed E-state index contributed by atoms with van der Waals surface area (Å²) in [6, 6.07) is 21.0. The van der Waals surface area contributed by atoms with Crippen molar-refractivity contribution in [2.75, 3.05) is 0 Å². The Bertz CT molecular complexity index is 995. The van der Waals surface area contributed by atoms with E-state index in [-0.39, 0.29) is 17.6 Å². The van der Waals surface area contributed by atoms with E-state index in [1.165, 1.54) is 0 Å². The molecule has 1 atom stereocenters. The smallest absolute Gasteiger partial charge is 0.274 e. The van der Waals surface area contributed by atoms with E-state index < -0.39 is 0 Å². The number of hydrogen-bond donors (Lipinski definition) is 1. The van der Waals surface area contributed by atoms with Crippen LogP contribution < -0.4 is 5.32 Å². The van der Waals surface area contributed by atoms with Crippen LogP contribution in [0, 0.1) is 0 Å². The molecule has 2 aromatic heterocycles. The van der Waals surface area contributed by atoms with Gasteiger partial charge in [-0.05, 0) is 23.8 Å². The van der Waals surface area contributed by atoms with E-state index in [2.05, 4.69) is 20.7 Å². The molecule has 27 heavy (non-hydrogen) atoms. The highest BCUT2D eigenvalue weighted by Crippen LogP contribution is 2.16. The van der Waals surface area contributed by atoms with E-state index in [4.69, 9.17) is 0 Å². The average Bonchev–Trinajstić information content (AvgIpc) is 3.41. The Morgan fingerprint density at radius 1 is 1.00 bits per heavy atom. The number of benzene rings is 2. The Morgan fingerprint density at radius 2 is 1.74 bits per heavy atom. The topological polar surface area (TPSA) is 77.6 Å². The molecule has 0 bridgehead atoms. The first-order valence-corrected chi connectivity index (χ1v) is 8.60. The molecule has 0 spiro atoms. The third-order valence-corrected chi connectivity index (χ3v) is 4.18. The van der Waals surface area contributed by atoms with Crippen LogP contribution in [0.2, 0.25) is 0 Å². The summed E-state index contributed by atoms with van der Waals surface area (Å²) in [6.07, 6.45) is 5.21. The van der Waals surface area contributed by atoms with E-state index in [0.29, 0.717) is 6.54 Å². The Morgan fingerprint density at radius 3 is 2.44 bits per heavy atom. The molecule has 7 nitrogen and oxygen atoms in total. The molecule has 1 N–H and O–H groups in total. The number of amides is 1. The summed E-state index contributed by atoms with van der Waals surface area (Å²) in [5.74, 6) is -0.279.